The molecule has 24 heavy (non-hydrogen) atoms. The van der Waals surface area contributed by atoms with Crippen LogP contribution in [0, 0.1) is 11.3 Å². The third-order valence-electron chi connectivity index (χ3n) is 4.87. The van der Waals surface area contributed by atoms with Gasteiger partial charge in [0.15, 0.2) is 5.82 Å². The van der Waals surface area contributed by atoms with Gasteiger partial charge in [-0.05, 0) is 74.6 Å². The molecule has 2 aliphatic carbocycles. The molecule has 2 aromatic rings. The highest BCUT2D eigenvalue weighted by Crippen LogP contribution is 2.30. The van der Waals surface area contributed by atoms with Gasteiger partial charge in [-0.15, -0.1) is 11.3 Å². The van der Waals surface area contributed by atoms with E-state index in [4.69, 9.17) is 0 Å². The number of hydrogen-bond acceptors (Lipinski definition) is 4. The van der Waals surface area contributed by atoms with E-state index in [1.165, 1.54) is 23.3 Å². The van der Waals surface area contributed by atoms with Gasteiger partial charge in [-0.25, -0.2) is 4.98 Å². The minimum absolute atomic E-state index is 0.144. The van der Waals surface area contributed by atoms with Crippen LogP contribution in [0.15, 0.2) is 12.1 Å². The van der Waals surface area contributed by atoms with E-state index in [9.17, 15) is 10.1 Å². The molecule has 1 N–H and O–H groups in total. The number of carbonyl (C=O) groups excluding carboxylic acids is 1. The van der Waals surface area contributed by atoms with E-state index >= 15 is 0 Å². The number of aromatic nitrogens is 1. The van der Waals surface area contributed by atoms with Crippen LogP contribution in [0.25, 0.3) is 0 Å². The van der Waals surface area contributed by atoms with Gasteiger partial charge in [-0.2, -0.15) is 5.26 Å². The molecule has 5 heteroatoms. The number of anilines is 1. The third kappa shape index (κ3) is 2.83. The van der Waals surface area contributed by atoms with Gasteiger partial charge in [-0.3, -0.25) is 4.79 Å². The average molecular weight is 337 g/mol. The lowest BCUT2D eigenvalue weighted by atomic mass is 9.95. The normalized spacial score (nSPS) is 16.0. The molecular formula is C19H19N3OS. The van der Waals surface area contributed by atoms with E-state index in [0.717, 1.165) is 54.7 Å². The third-order valence-corrected chi connectivity index (χ3v) is 6.11. The summed E-state index contributed by atoms with van der Waals surface area (Å²) in [6.45, 7) is 0. The first-order chi connectivity index (χ1) is 11.7. The van der Waals surface area contributed by atoms with Crippen LogP contribution >= 0.6 is 11.3 Å². The number of carbonyl (C=O) groups is 1. The molecule has 0 aliphatic heterocycles. The van der Waals surface area contributed by atoms with Crippen molar-refractivity contribution in [2.75, 3.05) is 5.32 Å². The summed E-state index contributed by atoms with van der Waals surface area (Å²) < 4.78 is 0. The highest BCUT2D eigenvalue weighted by molar-refractivity contribution is 7.14. The Kier molecular flexibility index (Phi) is 4.07. The summed E-state index contributed by atoms with van der Waals surface area (Å²) in [4.78, 5) is 19.3. The number of amides is 1. The van der Waals surface area contributed by atoms with Gasteiger partial charge in [-0.1, -0.05) is 0 Å². The summed E-state index contributed by atoms with van der Waals surface area (Å²) in [7, 11) is 0. The number of aryl methyl sites for hydroxylation is 4. The van der Waals surface area contributed by atoms with Gasteiger partial charge in [0.2, 0.25) is 0 Å². The fourth-order valence-electron chi connectivity index (χ4n) is 3.59. The molecule has 0 radical (unpaired) electrons. The van der Waals surface area contributed by atoms with Crippen LogP contribution in [0.5, 0.6) is 0 Å². The Bertz CT molecular complexity index is 824. The SMILES string of the molecule is N#Cc1cc2c(nc1NC(=O)c1cc3c(s1)CCCC3)CCCC2. The molecule has 0 unspecified atom stereocenters. The lowest BCUT2D eigenvalue weighted by Gasteiger charge is -2.16. The maximum absolute atomic E-state index is 12.6. The zero-order valence-electron chi connectivity index (χ0n) is 13.5. The molecule has 122 valence electrons. The number of nitriles is 1. The minimum atomic E-state index is -0.144. The Morgan fingerprint density at radius 1 is 1.08 bits per heavy atom. The molecule has 1 amide bonds. The largest absolute Gasteiger partial charge is 0.305 e. The van der Waals surface area contributed by atoms with Gasteiger partial charge in [0, 0.05) is 10.6 Å². The Morgan fingerprint density at radius 2 is 1.83 bits per heavy atom. The first-order valence-corrected chi connectivity index (χ1v) is 9.42. The monoisotopic (exact) mass is 337 g/mol. The molecule has 4 rings (SSSR count). The molecule has 0 bridgehead atoms. The Morgan fingerprint density at radius 3 is 2.62 bits per heavy atom. The second-order valence-electron chi connectivity index (χ2n) is 6.53. The number of pyridine rings is 1. The molecule has 4 nitrogen and oxygen atoms in total. The van der Waals surface area contributed by atoms with Gasteiger partial charge in [0.1, 0.15) is 6.07 Å². The maximum atomic E-state index is 12.6. The smallest absolute Gasteiger partial charge is 0.266 e. The van der Waals surface area contributed by atoms with Crippen LogP contribution in [0.1, 0.15) is 62.6 Å². The second kappa shape index (κ2) is 6.37. The number of nitrogens with zero attached hydrogens (tertiary/aromatic N) is 2. The van der Waals surface area contributed by atoms with Crippen LogP contribution in [-0.2, 0) is 25.7 Å². The van der Waals surface area contributed by atoms with Gasteiger partial charge in [0.25, 0.3) is 5.91 Å². The number of fused-ring (bicyclic) bond motifs is 2. The molecule has 0 atom stereocenters. The van der Waals surface area contributed by atoms with Crippen molar-refractivity contribution >= 4 is 23.1 Å². The second-order valence-corrected chi connectivity index (χ2v) is 7.67. The number of hydrogen-bond donors (Lipinski definition) is 1. The van der Waals surface area contributed by atoms with Gasteiger partial charge in [0.05, 0.1) is 10.4 Å². The molecule has 2 aromatic heterocycles. The van der Waals surface area contributed by atoms with Crippen molar-refractivity contribution in [2.45, 2.75) is 51.4 Å². The highest BCUT2D eigenvalue weighted by Gasteiger charge is 2.20. The molecule has 2 heterocycles. The van der Waals surface area contributed by atoms with Crippen LogP contribution in [-0.4, -0.2) is 10.9 Å². The quantitative estimate of drug-likeness (QED) is 0.900. The molecule has 0 spiro atoms. The fraction of sp³-hybridized carbons (Fsp3) is 0.421. The first-order valence-electron chi connectivity index (χ1n) is 8.60. The van der Waals surface area contributed by atoms with Crippen molar-refractivity contribution in [2.24, 2.45) is 0 Å². The zero-order chi connectivity index (χ0) is 16.5. The molecule has 2 aliphatic rings. The summed E-state index contributed by atoms with van der Waals surface area (Å²) in [5.41, 5.74) is 3.96. The molecule has 0 saturated heterocycles. The van der Waals surface area contributed by atoms with E-state index in [2.05, 4.69) is 16.4 Å². The topological polar surface area (TPSA) is 65.8 Å². The Hall–Kier alpha value is -2.19. The Labute approximate surface area is 145 Å². The van der Waals surface area contributed by atoms with Crippen molar-refractivity contribution in [3.63, 3.8) is 0 Å². The van der Waals surface area contributed by atoms with E-state index in [1.54, 1.807) is 11.3 Å². The van der Waals surface area contributed by atoms with Crippen LogP contribution in [0.3, 0.4) is 0 Å². The van der Waals surface area contributed by atoms with Crippen molar-refractivity contribution in [1.29, 1.82) is 5.26 Å². The van der Waals surface area contributed by atoms with E-state index in [-0.39, 0.29) is 5.91 Å². The summed E-state index contributed by atoms with van der Waals surface area (Å²) in [6.07, 6.45) is 8.73. The van der Waals surface area contributed by atoms with Crippen molar-refractivity contribution in [3.05, 3.63) is 44.3 Å². The van der Waals surface area contributed by atoms with Crippen molar-refractivity contribution in [1.82, 2.24) is 4.98 Å². The molecule has 0 aromatic carbocycles. The lowest BCUT2D eigenvalue weighted by Crippen LogP contribution is -2.15. The van der Waals surface area contributed by atoms with E-state index < -0.39 is 0 Å². The Balaban J connectivity index is 1.61. The fourth-order valence-corrected chi connectivity index (χ4v) is 4.73. The predicted octanol–water partition coefficient (Wildman–Crippen LogP) is 4.02. The van der Waals surface area contributed by atoms with Gasteiger partial charge >= 0.3 is 0 Å². The first kappa shape index (κ1) is 15.3. The van der Waals surface area contributed by atoms with Crippen molar-refractivity contribution < 1.29 is 4.79 Å². The number of rotatable bonds is 2. The van der Waals surface area contributed by atoms with Gasteiger partial charge < -0.3 is 5.32 Å². The molecule has 0 fully saturated rings. The number of nitrogens with one attached hydrogen (secondary N) is 1. The molecule has 0 saturated carbocycles. The predicted molar refractivity (Wildman–Crippen MR) is 94.5 cm³/mol. The average Bonchev–Trinajstić information content (AvgIpc) is 3.05. The highest BCUT2D eigenvalue weighted by atomic mass is 32.1. The minimum Gasteiger partial charge on any atom is -0.305 e. The lowest BCUT2D eigenvalue weighted by molar-refractivity contribution is 0.103. The van der Waals surface area contributed by atoms with E-state index in [0.29, 0.717) is 11.4 Å². The van der Waals surface area contributed by atoms with Crippen LogP contribution in [0.2, 0.25) is 0 Å². The van der Waals surface area contributed by atoms with Crippen LogP contribution < -0.4 is 5.32 Å². The van der Waals surface area contributed by atoms with Crippen LogP contribution in [0.4, 0.5) is 5.82 Å². The summed E-state index contributed by atoms with van der Waals surface area (Å²) in [6, 6.07) is 6.09. The summed E-state index contributed by atoms with van der Waals surface area (Å²) in [5.74, 6) is 0.267. The van der Waals surface area contributed by atoms with Crippen molar-refractivity contribution in [3.8, 4) is 6.07 Å². The summed E-state index contributed by atoms with van der Waals surface area (Å²) in [5, 5.41) is 12.3. The zero-order valence-corrected chi connectivity index (χ0v) is 14.3. The molecular weight excluding hydrogens is 318 g/mol. The standard InChI is InChI=1S/C19H19N3OS/c20-11-14-9-12-5-1-3-7-15(12)21-18(14)22-19(23)17-10-13-6-2-4-8-16(13)24-17/h9-10H,1-8H2,(H,21,22,23). The maximum Gasteiger partial charge on any atom is 0.266 e. The summed E-state index contributed by atoms with van der Waals surface area (Å²) >= 11 is 1.58. The van der Waals surface area contributed by atoms with E-state index in [1.807, 2.05) is 12.1 Å². The number of thiophene rings is 1.